The number of hydrogen-bond acceptors (Lipinski definition) is 4. The standard InChI is InChI=1S/C15H10FNO2S2/c1-9-2-7-12(19-9)8-13-14(18)17(15(20)21-13)11-5-3-10(16)4-6-11/h2-8H,1H3/b13-8-. The summed E-state index contributed by atoms with van der Waals surface area (Å²) in [5.74, 6) is 0.791. The molecule has 21 heavy (non-hydrogen) atoms. The van der Waals surface area contributed by atoms with Gasteiger partial charge in [0.1, 0.15) is 17.3 Å². The van der Waals surface area contributed by atoms with E-state index in [1.54, 1.807) is 12.1 Å². The SMILES string of the molecule is Cc1ccc(/C=C2\SC(=S)N(c3ccc(F)cc3)C2=O)o1. The first-order valence-electron chi connectivity index (χ1n) is 6.14. The van der Waals surface area contributed by atoms with Gasteiger partial charge in [-0.15, -0.1) is 0 Å². The second-order valence-corrected chi connectivity index (χ2v) is 6.12. The van der Waals surface area contributed by atoms with Crippen molar-refractivity contribution in [2.45, 2.75) is 6.92 Å². The van der Waals surface area contributed by atoms with Gasteiger partial charge in [0.15, 0.2) is 4.32 Å². The van der Waals surface area contributed by atoms with Crippen molar-refractivity contribution in [1.29, 1.82) is 0 Å². The number of aryl methyl sites for hydroxylation is 1. The molecule has 1 amide bonds. The summed E-state index contributed by atoms with van der Waals surface area (Å²) < 4.78 is 18.8. The van der Waals surface area contributed by atoms with Crippen LogP contribution in [0.3, 0.4) is 0 Å². The molecule has 0 saturated carbocycles. The van der Waals surface area contributed by atoms with Gasteiger partial charge in [0.05, 0.1) is 10.6 Å². The maximum Gasteiger partial charge on any atom is 0.270 e. The third-order valence-electron chi connectivity index (χ3n) is 2.91. The van der Waals surface area contributed by atoms with E-state index < -0.39 is 0 Å². The minimum Gasteiger partial charge on any atom is -0.462 e. The normalized spacial score (nSPS) is 17.0. The molecule has 1 saturated heterocycles. The number of carbonyl (C=O) groups is 1. The molecule has 0 N–H and O–H groups in total. The molecule has 3 rings (SSSR count). The third kappa shape index (κ3) is 2.77. The van der Waals surface area contributed by atoms with Crippen molar-refractivity contribution in [2.24, 2.45) is 0 Å². The summed E-state index contributed by atoms with van der Waals surface area (Å²) in [5, 5.41) is 0. The monoisotopic (exact) mass is 319 g/mol. The zero-order chi connectivity index (χ0) is 15.0. The lowest BCUT2D eigenvalue weighted by atomic mass is 10.3. The van der Waals surface area contributed by atoms with Crippen molar-refractivity contribution in [3.63, 3.8) is 0 Å². The van der Waals surface area contributed by atoms with E-state index in [1.807, 2.05) is 13.0 Å². The highest BCUT2D eigenvalue weighted by atomic mass is 32.2. The Balaban J connectivity index is 1.92. The van der Waals surface area contributed by atoms with Gasteiger partial charge in [-0.25, -0.2) is 4.39 Å². The van der Waals surface area contributed by atoms with Crippen molar-refractivity contribution in [1.82, 2.24) is 0 Å². The van der Waals surface area contributed by atoms with E-state index in [0.717, 1.165) is 5.76 Å². The molecule has 0 atom stereocenters. The van der Waals surface area contributed by atoms with Gasteiger partial charge in [0.25, 0.3) is 5.91 Å². The molecule has 1 fully saturated rings. The molecule has 1 aliphatic heterocycles. The van der Waals surface area contributed by atoms with Crippen LogP contribution in [0.1, 0.15) is 11.5 Å². The lowest BCUT2D eigenvalue weighted by Gasteiger charge is -2.14. The molecular weight excluding hydrogens is 309 g/mol. The maximum absolute atomic E-state index is 13.0. The van der Waals surface area contributed by atoms with Crippen LogP contribution in [-0.4, -0.2) is 10.2 Å². The number of furan rings is 1. The van der Waals surface area contributed by atoms with Gasteiger partial charge in [0, 0.05) is 6.08 Å². The van der Waals surface area contributed by atoms with Crippen LogP contribution in [-0.2, 0) is 4.79 Å². The van der Waals surface area contributed by atoms with Gasteiger partial charge in [0.2, 0.25) is 0 Å². The van der Waals surface area contributed by atoms with Gasteiger partial charge < -0.3 is 4.42 Å². The Hall–Kier alpha value is -1.92. The smallest absolute Gasteiger partial charge is 0.270 e. The average molecular weight is 319 g/mol. The number of benzene rings is 1. The molecule has 0 unspecified atom stereocenters. The molecule has 0 bridgehead atoms. The highest BCUT2D eigenvalue weighted by molar-refractivity contribution is 8.27. The molecule has 2 heterocycles. The van der Waals surface area contributed by atoms with Crippen molar-refractivity contribution < 1.29 is 13.6 Å². The van der Waals surface area contributed by atoms with E-state index in [2.05, 4.69) is 0 Å². The average Bonchev–Trinajstić information content (AvgIpc) is 2.96. The number of carbonyl (C=O) groups excluding carboxylic acids is 1. The Bertz CT molecular complexity index is 749. The van der Waals surface area contributed by atoms with Crippen LogP contribution in [0.15, 0.2) is 45.7 Å². The highest BCUT2D eigenvalue weighted by Gasteiger charge is 2.33. The summed E-state index contributed by atoms with van der Waals surface area (Å²) in [5.41, 5.74) is 0.554. The molecule has 0 spiro atoms. The molecule has 106 valence electrons. The fraction of sp³-hybridized carbons (Fsp3) is 0.0667. The second-order valence-electron chi connectivity index (χ2n) is 4.44. The lowest BCUT2D eigenvalue weighted by Crippen LogP contribution is -2.27. The van der Waals surface area contributed by atoms with Gasteiger partial charge in [-0.2, -0.15) is 0 Å². The largest absolute Gasteiger partial charge is 0.462 e. The lowest BCUT2D eigenvalue weighted by molar-refractivity contribution is -0.113. The summed E-state index contributed by atoms with van der Waals surface area (Å²) in [6.07, 6.45) is 1.66. The Morgan fingerprint density at radius 3 is 2.57 bits per heavy atom. The quantitative estimate of drug-likeness (QED) is 0.615. The second kappa shape index (κ2) is 5.46. The zero-order valence-corrected chi connectivity index (χ0v) is 12.6. The number of anilines is 1. The number of thioether (sulfide) groups is 1. The van der Waals surface area contributed by atoms with Crippen LogP contribution < -0.4 is 4.90 Å². The molecule has 0 aliphatic carbocycles. The molecule has 1 aromatic carbocycles. The summed E-state index contributed by atoms with van der Waals surface area (Å²) in [7, 11) is 0. The Kier molecular flexibility index (Phi) is 3.65. The summed E-state index contributed by atoms with van der Waals surface area (Å²) in [4.78, 5) is 14.3. The third-order valence-corrected chi connectivity index (χ3v) is 4.22. The number of hydrogen-bond donors (Lipinski definition) is 0. The minimum absolute atomic E-state index is 0.231. The topological polar surface area (TPSA) is 33.5 Å². The number of amides is 1. The van der Waals surface area contributed by atoms with Crippen molar-refractivity contribution >= 4 is 46.0 Å². The molecule has 6 heteroatoms. The highest BCUT2D eigenvalue weighted by Crippen LogP contribution is 2.36. The molecule has 1 aliphatic rings. The fourth-order valence-electron chi connectivity index (χ4n) is 1.94. The predicted octanol–water partition coefficient (Wildman–Crippen LogP) is 4.13. The molecule has 0 radical (unpaired) electrons. The molecule has 1 aromatic heterocycles. The minimum atomic E-state index is -0.356. The Labute approximate surface area is 130 Å². The fourth-order valence-corrected chi connectivity index (χ4v) is 3.22. The summed E-state index contributed by atoms with van der Waals surface area (Å²) >= 11 is 6.43. The van der Waals surface area contributed by atoms with E-state index in [0.29, 0.717) is 20.7 Å². The van der Waals surface area contributed by atoms with E-state index >= 15 is 0 Å². The van der Waals surface area contributed by atoms with Crippen LogP contribution in [0.2, 0.25) is 0 Å². The van der Waals surface area contributed by atoms with Crippen molar-refractivity contribution in [2.75, 3.05) is 4.90 Å². The van der Waals surface area contributed by atoms with Gasteiger partial charge in [-0.1, -0.05) is 24.0 Å². The number of halogens is 1. The number of nitrogens with zero attached hydrogens (tertiary/aromatic N) is 1. The van der Waals surface area contributed by atoms with Crippen LogP contribution >= 0.6 is 24.0 Å². The van der Waals surface area contributed by atoms with E-state index in [1.165, 1.54) is 40.9 Å². The molecule has 2 aromatic rings. The Morgan fingerprint density at radius 2 is 1.95 bits per heavy atom. The van der Waals surface area contributed by atoms with Crippen LogP contribution in [0, 0.1) is 12.7 Å². The first kappa shape index (κ1) is 14.0. The maximum atomic E-state index is 13.0. The molecule has 3 nitrogen and oxygen atoms in total. The van der Waals surface area contributed by atoms with Crippen LogP contribution in [0.5, 0.6) is 0 Å². The Morgan fingerprint density at radius 1 is 1.24 bits per heavy atom. The van der Waals surface area contributed by atoms with Crippen molar-refractivity contribution in [3.05, 3.63) is 58.6 Å². The van der Waals surface area contributed by atoms with Gasteiger partial charge in [-0.3, -0.25) is 9.69 Å². The first-order chi connectivity index (χ1) is 10.0. The van der Waals surface area contributed by atoms with Crippen LogP contribution in [0.4, 0.5) is 10.1 Å². The van der Waals surface area contributed by atoms with E-state index in [9.17, 15) is 9.18 Å². The van der Waals surface area contributed by atoms with Crippen molar-refractivity contribution in [3.8, 4) is 0 Å². The first-order valence-corrected chi connectivity index (χ1v) is 7.37. The number of rotatable bonds is 2. The van der Waals surface area contributed by atoms with Gasteiger partial charge >= 0.3 is 0 Å². The predicted molar refractivity (Wildman–Crippen MR) is 85.5 cm³/mol. The van der Waals surface area contributed by atoms with Gasteiger partial charge in [-0.05, 0) is 43.3 Å². The summed E-state index contributed by atoms with van der Waals surface area (Å²) in [6, 6.07) is 9.27. The molecular formula is C15H10FNO2S2. The van der Waals surface area contributed by atoms with E-state index in [4.69, 9.17) is 16.6 Å². The summed E-state index contributed by atoms with van der Waals surface area (Å²) in [6.45, 7) is 1.83. The van der Waals surface area contributed by atoms with Crippen LogP contribution in [0.25, 0.3) is 6.08 Å². The number of thiocarbonyl (C=S) groups is 1. The van der Waals surface area contributed by atoms with E-state index in [-0.39, 0.29) is 11.7 Å². The zero-order valence-electron chi connectivity index (χ0n) is 11.0.